The van der Waals surface area contributed by atoms with Gasteiger partial charge in [-0.3, -0.25) is 9.36 Å². The second-order valence-electron chi connectivity index (χ2n) is 5.92. The van der Waals surface area contributed by atoms with Gasteiger partial charge >= 0.3 is 0 Å². The summed E-state index contributed by atoms with van der Waals surface area (Å²) < 4.78 is 8.15. The molecule has 0 aliphatic heterocycles. The highest BCUT2D eigenvalue weighted by molar-refractivity contribution is 6.30. The molecule has 4 rings (SSSR count). The molecule has 0 unspecified atom stereocenters. The van der Waals surface area contributed by atoms with Crippen LogP contribution >= 0.6 is 11.6 Å². The van der Waals surface area contributed by atoms with E-state index in [9.17, 15) is 4.79 Å². The van der Waals surface area contributed by atoms with E-state index in [0.29, 0.717) is 34.4 Å². The molecule has 0 bridgehead atoms. The molecule has 1 aromatic carbocycles. The van der Waals surface area contributed by atoms with E-state index in [1.54, 1.807) is 6.92 Å². The van der Waals surface area contributed by atoms with Gasteiger partial charge in [-0.25, -0.2) is 9.50 Å². The maximum absolute atomic E-state index is 12.5. The molecule has 26 heavy (non-hydrogen) atoms. The van der Waals surface area contributed by atoms with E-state index < -0.39 is 0 Å². The largest absolute Gasteiger partial charge is 0.337 e. The van der Waals surface area contributed by atoms with Crippen molar-refractivity contribution in [2.45, 2.75) is 26.3 Å². The van der Waals surface area contributed by atoms with Gasteiger partial charge in [0.2, 0.25) is 5.89 Å². The lowest BCUT2D eigenvalue weighted by molar-refractivity contribution is 0.364. The van der Waals surface area contributed by atoms with Crippen molar-refractivity contribution in [3.63, 3.8) is 0 Å². The van der Waals surface area contributed by atoms with Crippen molar-refractivity contribution in [1.29, 1.82) is 0 Å². The quantitative estimate of drug-likeness (QED) is 0.534. The van der Waals surface area contributed by atoms with Crippen LogP contribution in [0.5, 0.6) is 0 Å². The molecule has 0 spiro atoms. The average Bonchev–Trinajstić information content (AvgIpc) is 3.23. The van der Waals surface area contributed by atoms with E-state index in [1.807, 2.05) is 24.3 Å². The van der Waals surface area contributed by atoms with Gasteiger partial charge in [0, 0.05) is 11.4 Å². The summed E-state index contributed by atoms with van der Waals surface area (Å²) in [4.78, 5) is 21.0. The molecule has 0 fully saturated rings. The van der Waals surface area contributed by atoms with Crippen molar-refractivity contribution < 1.29 is 4.52 Å². The first-order chi connectivity index (χ1) is 12.6. The first-order valence-corrected chi connectivity index (χ1v) is 8.43. The van der Waals surface area contributed by atoms with E-state index in [2.05, 4.69) is 20.2 Å². The van der Waals surface area contributed by atoms with Gasteiger partial charge in [0.1, 0.15) is 19.2 Å². The number of halogens is 1. The summed E-state index contributed by atoms with van der Waals surface area (Å²) in [6.45, 7) is 1.93. The Bertz CT molecular complexity index is 1130. The predicted octanol–water partition coefficient (Wildman–Crippen LogP) is 2.07. The standard InChI is InChI=1S/C17H15ClN6O2/c1-11-16-17(25)23(10-20-24(16)9-19-11)8-15-21-14(22-26-15)6-5-12-3-2-4-13(18)7-12/h2-4,7,9-10H,5-6,8H2,1H3. The number of aryl methyl sites for hydroxylation is 3. The second-order valence-corrected chi connectivity index (χ2v) is 6.36. The van der Waals surface area contributed by atoms with Crippen molar-refractivity contribution in [1.82, 2.24) is 29.3 Å². The van der Waals surface area contributed by atoms with Crippen LogP contribution in [0.4, 0.5) is 0 Å². The van der Waals surface area contributed by atoms with Crippen LogP contribution in [0.3, 0.4) is 0 Å². The van der Waals surface area contributed by atoms with Gasteiger partial charge in [-0.15, -0.1) is 0 Å². The lowest BCUT2D eigenvalue weighted by Gasteiger charge is -2.02. The minimum Gasteiger partial charge on any atom is -0.337 e. The zero-order chi connectivity index (χ0) is 18.1. The van der Waals surface area contributed by atoms with Crippen molar-refractivity contribution in [2.75, 3.05) is 0 Å². The summed E-state index contributed by atoms with van der Waals surface area (Å²) in [7, 11) is 0. The third-order valence-corrected chi connectivity index (χ3v) is 4.29. The molecular formula is C17H15ClN6O2. The highest BCUT2D eigenvalue weighted by atomic mass is 35.5. The number of fused-ring (bicyclic) bond motifs is 1. The third kappa shape index (κ3) is 3.23. The Morgan fingerprint density at radius 1 is 1.23 bits per heavy atom. The Kier molecular flexibility index (Phi) is 4.26. The van der Waals surface area contributed by atoms with Crippen LogP contribution in [0, 0.1) is 6.92 Å². The summed E-state index contributed by atoms with van der Waals surface area (Å²) in [5, 5.41) is 8.84. The Labute approximate surface area is 153 Å². The molecule has 3 aromatic heterocycles. The summed E-state index contributed by atoms with van der Waals surface area (Å²) in [5.74, 6) is 0.944. The molecule has 4 aromatic rings. The first kappa shape index (κ1) is 16.5. The first-order valence-electron chi connectivity index (χ1n) is 8.05. The van der Waals surface area contributed by atoms with Crippen LogP contribution in [0.2, 0.25) is 5.02 Å². The lowest BCUT2D eigenvalue weighted by atomic mass is 10.1. The van der Waals surface area contributed by atoms with Crippen LogP contribution in [0.25, 0.3) is 5.52 Å². The predicted molar refractivity (Wildman–Crippen MR) is 94.2 cm³/mol. The van der Waals surface area contributed by atoms with Gasteiger partial charge in [0.25, 0.3) is 5.56 Å². The van der Waals surface area contributed by atoms with E-state index >= 15 is 0 Å². The molecule has 132 valence electrons. The molecule has 9 heteroatoms. The molecule has 0 aliphatic carbocycles. The molecule has 0 saturated carbocycles. The van der Waals surface area contributed by atoms with Gasteiger partial charge < -0.3 is 4.52 Å². The fourth-order valence-corrected chi connectivity index (χ4v) is 2.95. The summed E-state index contributed by atoms with van der Waals surface area (Å²) >= 11 is 5.99. The zero-order valence-corrected chi connectivity index (χ0v) is 14.7. The summed E-state index contributed by atoms with van der Waals surface area (Å²) in [5.41, 5.74) is 1.97. The van der Waals surface area contributed by atoms with Gasteiger partial charge in [-0.05, 0) is 31.0 Å². The summed E-state index contributed by atoms with van der Waals surface area (Å²) in [6.07, 6.45) is 4.32. The van der Waals surface area contributed by atoms with Crippen molar-refractivity contribution in [3.05, 3.63) is 75.3 Å². The average molecular weight is 371 g/mol. The number of hydrogen-bond donors (Lipinski definition) is 0. The molecule has 0 amide bonds. The molecule has 8 nitrogen and oxygen atoms in total. The zero-order valence-electron chi connectivity index (χ0n) is 14.0. The smallest absolute Gasteiger partial charge is 0.280 e. The van der Waals surface area contributed by atoms with Gasteiger partial charge in [-0.2, -0.15) is 10.1 Å². The normalized spacial score (nSPS) is 11.3. The molecule has 0 atom stereocenters. The van der Waals surface area contributed by atoms with Crippen LogP contribution in [-0.2, 0) is 19.4 Å². The van der Waals surface area contributed by atoms with Crippen LogP contribution in [-0.4, -0.2) is 29.3 Å². The Morgan fingerprint density at radius 3 is 2.96 bits per heavy atom. The fraction of sp³-hybridized carbons (Fsp3) is 0.235. The molecule has 0 N–H and O–H groups in total. The fourth-order valence-electron chi connectivity index (χ4n) is 2.74. The molecule has 0 saturated heterocycles. The van der Waals surface area contributed by atoms with E-state index in [0.717, 1.165) is 12.0 Å². The number of aromatic nitrogens is 6. The number of benzene rings is 1. The van der Waals surface area contributed by atoms with Crippen LogP contribution in [0.15, 0.2) is 46.2 Å². The van der Waals surface area contributed by atoms with Crippen molar-refractivity contribution >= 4 is 17.1 Å². The van der Waals surface area contributed by atoms with Crippen molar-refractivity contribution in [3.8, 4) is 0 Å². The van der Waals surface area contributed by atoms with Gasteiger partial charge in [-0.1, -0.05) is 28.9 Å². The molecule has 3 heterocycles. The number of imidazole rings is 1. The minimum absolute atomic E-state index is 0.164. The Hall–Kier alpha value is -3.00. The van der Waals surface area contributed by atoms with Gasteiger partial charge in [0.05, 0.1) is 5.69 Å². The van der Waals surface area contributed by atoms with E-state index in [4.69, 9.17) is 16.1 Å². The van der Waals surface area contributed by atoms with E-state index in [1.165, 1.54) is 21.7 Å². The molecular weight excluding hydrogens is 356 g/mol. The van der Waals surface area contributed by atoms with Crippen LogP contribution < -0.4 is 5.56 Å². The maximum atomic E-state index is 12.5. The lowest BCUT2D eigenvalue weighted by Crippen LogP contribution is -2.23. The van der Waals surface area contributed by atoms with Crippen LogP contribution in [0.1, 0.15) is 23.0 Å². The molecule has 0 aliphatic rings. The van der Waals surface area contributed by atoms with Crippen molar-refractivity contribution in [2.24, 2.45) is 0 Å². The van der Waals surface area contributed by atoms with E-state index in [-0.39, 0.29) is 12.1 Å². The number of hydrogen-bond acceptors (Lipinski definition) is 6. The molecule has 0 radical (unpaired) electrons. The van der Waals surface area contributed by atoms with Gasteiger partial charge in [0.15, 0.2) is 11.3 Å². The number of nitrogens with zero attached hydrogens (tertiary/aromatic N) is 6. The minimum atomic E-state index is -0.200. The maximum Gasteiger partial charge on any atom is 0.280 e. The Balaban J connectivity index is 1.49. The second kappa shape index (κ2) is 6.72. The topological polar surface area (TPSA) is 91.1 Å². The summed E-state index contributed by atoms with van der Waals surface area (Å²) in [6, 6.07) is 7.66. The number of rotatable bonds is 5. The monoisotopic (exact) mass is 370 g/mol. The highest BCUT2D eigenvalue weighted by Crippen LogP contribution is 2.12. The third-order valence-electron chi connectivity index (χ3n) is 4.05. The Morgan fingerprint density at radius 2 is 2.12 bits per heavy atom. The SMILES string of the molecule is Cc1ncn2ncn(Cc3nc(CCc4cccc(Cl)c4)no3)c(=O)c12. The highest BCUT2D eigenvalue weighted by Gasteiger charge is 2.12.